The van der Waals surface area contributed by atoms with Gasteiger partial charge in [-0.2, -0.15) is 0 Å². The van der Waals surface area contributed by atoms with Crippen LogP contribution >= 0.6 is 0 Å². The zero-order valence-corrected chi connectivity index (χ0v) is 14.7. The van der Waals surface area contributed by atoms with Crippen LogP contribution in [0.1, 0.15) is 16.1 Å². The molecule has 0 fully saturated rings. The highest BCUT2D eigenvalue weighted by Gasteiger charge is 2.36. The van der Waals surface area contributed by atoms with Gasteiger partial charge in [-0.3, -0.25) is 14.5 Å². The molecule has 2 aromatic carbocycles. The summed E-state index contributed by atoms with van der Waals surface area (Å²) in [4.78, 5) is 26.0. The summed E-state index contributed by atoms with van der Waals surface area (Å²) >= 11 is 0. The number of carbonyl (C=O) groups is 2. The normalized spacial score (nSPS) is 13.0. The average molecular weight is 364 g/mol. The molecule has 4 rings (SSSR count). The van der Waals surface area contributed by atoms with E-state index in [1.54, 1.807) is 36.2 Å². The molecular formula is C19H16N4O4. The van der Waals surface area contributed by atoms with Crippen molar-refractivity contribution in [3.8, 4) is 17.2 Å². The number of amides is 1. The number of benzene rings is 2. The van der Waals surface area contributed by atoms with Gasteiger partial charge in [0.2, 0.25) is 0 Å². The predicted octanol–water partition coefficient (Wildman–Crippen LogP) is 2.01. The first-order valence-electron chi connectivity index (χ1n) is 8.20. The van der Waals surface area contributed by atoms with E-state index in [1.807, 2.05) is 24.3 Å². The maximum absolute atomic E-state index is 12.4. The highest BCUT2D eigenvalue weighted by atomic mass is 16.5. The second-order valence-electron chi connectivity index (χ2n) is 5.96. The summed E-state index contributed by atoms with van der Waals surface area (Å²) in [7, 11) is 3.11. The quantitative estimate of drug-likeness (QED) is 0.644. The Kier molecular flexibility index (Phi) is 4.08. The van der Waals surface area contributed by atoms with E-state index in [1.165, 1.54) is 12.0 Å². The van der Waals surface area contributed by atoms with Crippen molar-refractivity contribution in [2.45, 2.75) is 6.54 Å². The molecule has 1 amide bonds. The van der Waals surface area contributed by atoms with Crippen LogP contribution in [0.4, 0.5) is 5.69 Å². The molecule has 0 aliphatic carbocycles. The van der Waals surface area contributed by atoms with Crippen LogP contribution < -0.4 is 14.4 Å². The van der Waals surface area contributed by atoms with Crippen LogP contribution in [0.5, 0.6) is 11.5 Å². The highest BCUT2D eigenvalue weighted by Crippen LogP contribution is 2.33. The molecule has 8 nitrogen and oxygen atoms in total. The topological polar surface area (TPSA) is 86.5 Å². The lowest BCUT2D eigenvalue weighted by molar-refractivity contribution is -0.114. The van der Waals surface area contributed by atoms with E-state index in [0.717, 1.165) is 11.4 Å². The van der Waals surface area contributed by atoms with E-state index in [-0.39, 0.29) is 6.54 Å². The Morgan fingerprint density at radius 2 is 1.67 bits per heavy atom. The van der Waals surface area contributed by atoms with Gasteiger partial charge in [0.25, 0.3) is 11.7 Å². The largest absolute Gasteiger partial charge is 0.497 e. The number of ether oxygens (including phenoxy) is 2. The highest BCUT2D eigenvalue weighted by molar-refractivity contribution is 6.52. The minimum absolute atomic E-state index is 0.153. The van der Waals surface area contributed by atoms with Crippen molar-refractivity contribution < 1.29 is 19.1 Å². The van der Waals surface area contributed by atoms with Gasteiger partial charge >= 0.3 is 0 Å². The van der Waals surface area contributed by atoms with Crippen molar-refractivity contribution in [1.29, 1.82) is 0 Å². The van der Waals surface area contributed by atoms with Crippen molar-refractivity contribution >= 4 is 17.4 Å². The number of nitrogens with zero attached hydrogens (tertiary/aromatic N) is 4. The molecule has 8 heteroatoms. The van der Waals surface area contributed by atoms with Crippen molar-refractivity contribution in [2.24, 2.45) is 0 Å². The molecule has 1 aliphatic rings. The maximum Gasteiger partial charge on any atom is 0.299 e. The Morgan fingerprint density at radius 1 is 0.963 bits per heavy atom. The fourth-order valence-electron chi connectivity index (χ4n) is 2.96. The van der Waals surface area contributed by atoms with Crippen molar-refractivity contribution in [3.05, 3.63) is 59.9 Å². The summed E-state index contributed by atoms with van der Waals surface area (Å²) in [6.45, 7) is 0.153. The van der Waals surface area contributed by atoms with Crippen LogP contribution in [0.2, 0.25) is 0 Å². The third-order valence-corrected chi connectivity index (χ3v) is 4.38. The van der Waals surface area contributed by atoms with Gasteiger partial charge in [-0.25, -0.2) is 4.68 Å². The third kappa shape index (κ3) is 2.91. The summed E-state index contributed by atoms with van der Waals surface area (Å²) < 4.78 is 11.9. The fourth-order valence-corrected chi connectivity index (χ4v) is 2.96. The van der Waals surface area contributed by atoms with Crippen LogP contribution in [0.3, 0.4) is 0 Å². The lowest BCUT2D eigenvalue weighted by Gasteiger charge is -2.14. The van der Waals surface area contributed by atoms with E-state index in [2.05, 4.69) is 10.3 Å². The van der Waals surface area contributed by atoms with Gasteiger partial charge in [0, 0.05) is 0 Å². The maximum atomic E-state index is 12.4. The summed E-state index contributed by atoms with van der Waals surface area (Å²) in [5.74, 6) is 0.137. The summed E-state index contributed by atoms with van der Waals surface area (Å²) in [5.41, 5.74) is 2.26. The number of hydrogen-bond acceptors (Lipinski definition) is 6. The fraction of sp³-hybridized carbons (Fsp3) is 0.158. The lowest BCUT2D eigenvalue weighted by atomic mass is 10.1. The van der Waals surface area contributed by atoms with E-state index >= 15 is 0 Å². The van der Waals surface area contributed by atoms with Crippen molar-refractivity contribution in [1.82, 2.24) is 15.0 Å². The zero-order valence-electron chi connectivity index (χ0n) is 14.7. The molecule has 136 valence electrons. The molecule has 0 atom stereocenters. The number of Topliss-reactive ketones (excluding diaryl/α,β-unsaturated/α-hetero) is 1. The van der Waals surface area contributed by atoms with Gasteiger partial charge in [0.1, 0.15) is 17.2 Å². The summed E-state index contributed by atoms with van der Waals surface area (Å²) in [6.07, 6.45) is 1.72. The molecule has 1 aromatic heterocycles. The van der Waals surface area contributed by atoms with E-state index in [9.17, 15) is 9.59 Å². The smallest absolute Gasteiger partial charge is 0.299 e. The van der Waals surface area contributed by atoms with Gasteiger partial charge in [0.05, 0.1) is 43.9 Å². The Balaban J connectivity index is 1.59. The SMILES string of the molecule is COc1ccc(-n2cc(CN3C(=O)C(=O)c4cc(OC)ccc43)nn2)cc1. The number of anilines is 1. The number of carbonyl (C=O) groups excluding carboxylic acids is 2. The van der Waals surface area contributed by atoms with E-state index in [4.69, 9.17) is 9.47 Å². The van der Waals surface area contributed by atoms with Gasteiger partial charge in [-0.05, 0) is 42.5 Å². The van der Waals surface area contributed by atoms with Crippen LogP contribution in [0, 0.1) is 0 Å². The Bertz CT molecular complexity index is 1030. The molecule has 1 aliphatic heterocycles. The van der Waals surface area contributed by atoms with Crippen molar-refractivity contribution in [3.63, 3.8) is 0 Å². The number of hydrogen-bond donors (Lipinski definition) is 0. The predicted molar refractivity (Wildman–Crippen MR) is 96.4 cm³/mol. The zero-order chi connectivity index (χ0) is 19.0. The second-order valence-corrected chi connectivity index (χ2v) is 5.96. The Hall–Kier alpha value is -3.68. The van der Waals surface area contributed by atoms with Crippen LogP contribution in [-0.2, 0) is 11.3 Å². The van der Waals surface area contributed by atoms with Crippen molar-refractivity contribution in [2.75, 3.05) is 19.1 Å². The summed E-state index contributed by atoms with van der Waals surface area (Å²) in [5, 5.41) is 8.21. The number of rotatable bonds is 5. The van der Waals surface area contributed by atoms with Gasteiger partial charge in [0.15, 0.2) is 0 Å². The van der Waals surface area contributed by atoms with Gasteiger partial charge in [-0.1, -0.05) is 5.21 Å². The van der Waals surface area contributed by atoms with Crippen LogP contribution in [0.25, 0.3) is 5.69 Å². The number of ketones is 1. The molecular weight excluding hydrogens is 348 g/mol. The summed E-state index contributed by atoms with van der Waals surface area (Å²) in [6, 6.07) is 12.3. The minimum atomic E-state index is -0.586. The van der Waals surface area contributed by atoms with Gasteiger partial charge < -0.3 is 9.47 Å². The molecule has 0 spiro atoms. The number of fused-ring (bicyclic) bond motifs is 1. The first kappa shape index (κ1) is 16.8. The van der Waals surface area contributed by atoms with E-state index < -0.39 is 11.7 Å². The molecule has 0 bridgehead atoms. The number of methoxy groups -OCH3 is 2. The van der Waals surface area contributed by atoms with E-state index in [0.29, 0.717) is 22.7 Å². The first-order chi connectivity index (χ1) is 13.1. The molecule has 27 heavy (non-hydrogen) atoms. The Labute approximate surface area is 154 Å². The van der Waals surface area contributed by atoms with Gasteiger partial charge in [-0.15, -0.1) is 5.10 Å². The van der Waals surface area contributed by atoms with Crippen LogP contribution in [0.15, 0.2) is 48.7 Å². The second kappa shape index (κ2) is 6.56. The monoisotopic (exact) mass is 364 g/mol. The first-order valence-corrected chi connectivity index (χ1v) is 8.20. The standard InChI is InChI=1S/C19H16N4O4/c1-26-14-5-3-13(4-6-14)23-11-12(20-21-23)10-22-17-8-7-15(27-2)9-16(17)18(24)19(22)25/h3-9,11H,10H2,1-2H3. The Morgan fingerprint density at radius 3 is 2.37 bits per heavy atom. The molecule has 2 heterocycles. The molecule has 0 N–H and O–H groups in total. The lowest BCUT2D eigenvalue weighted by Crippen LogP contribution is -2.29. The molecule has 0 radical (unpaired) electrons. The molecule has 0 unspecified atom stereocenters. The number of aromatic nitrogens is 3. The average Bonchev–Trinajstić information content (AvgIpc) is 3.27. The minimum Gasteiger partial charge on any atom is -0.497 e. The van der Waals surface area contributed by atoms with Crippen LogP contribution in [-0.4, -0.2) is 40.9 Å². The third-order valence-electron chi connectivity index (χ3n) is 4.38. The molecule has 3 aromatic rings. The molecule has 0 saturated carbocycles. The molecule has 0 saturated heterocycles.